The van der Waals surface area contributed by atoms with Crippen LogP contribution in [0.25, 0.3) is 0 Å². The molecule has 1 unspecified atom stereocenters. The van der Waals surface area contributed by atoms with Crippen LogP contribution in [0.5, 0.6) is 0 Å². The highest BCUT2D eigenvalue weighted by atomic mass is 35.5. The van der Waals surface area contributed by atoms with Crippen LogP contribution in [0.3, 0.4) is 0 Å². The van der Waals surface area contributed by atoms with E-state index in [4.69, 9.17) is 16.7 Å². The van der Waals surface area contributed by atoms with Gasteiger partial charge in [0, 0.05) is 17.3 Å². The standard InChI is InChI=1S/C18H21ClN2O2S/c1-18(2)16(11-21-14-5-3-4-13(19)10-14)17(18)12-6-8-15(9-7-12)24(20,22)23/h3-10,16-17,21H,11H2,1-2H3,(H2,20,22,23)/t16?,17-/m1/s1. The third-order valence-corrected chi connectivity index (χ3v) is 6.13. The van der Waals surface area contributed by atoms with Gasteiger partial charge in [-0.2, -0.15) is 0 Å². The molecule has 0 heterocycles. The minimum atomic E-state index is -3.64. The summed E-state index contributed by atoms with van der Waals surface area (Å²) >= 11 is 6.01. The Kier molecular flexibility index (Phi) is 4.36. The third kappa shape index (κ3) is 3.43. The largest absolute Gasteiger partial charge is 0.385 e. The molecule has 1 fully saturated rings. The van der Waals surface area contributed by atoms with Gasteiger partial charge in [-0.25, -0.2) is 13.6 Å². The smallest absolute Gasteiger partial charge is 0.238 e. The van der Waals surface area contributed by atoms with E-state index in [-0.39, 0.29) is 10.3 Å². The summed E-state index contributed by atoms with van der Waals surface area (Å²) in [6.07, 6.45) is 0. The number of nitrogens with two attached hydrogens (primary N) is 1. The SMILES string of the molecule is CC1(C)C(CNc2cccc(Cl)c2)[C@H]1c1ccc(S(N)(=O)=O)cc1. The fraction of sp³-hybridized carbons (Fsp3) is 0.333. The highest BCUT2D eigenvalue weighted by Gasteiger charge is 2.57. The Morgan fingerprint density at radius 1 is 1.17 bits per heavy atom. The van der Waals surface area contributed by atoms with Crippen molar-refractivity contribution < 1.29 is 8.42 Å². The molecule has 0 radical (unpaired) electrons. The molecule has 1 aliphatic rings. The zero-order valence-corrected chi connectivity index (χ0v) is 15.2. The quantitative estimate of drug-likeness (QED) is 0.846. The Morgan fingerprint density at radius 2 is 1.83 bits per heavy atom. The number of nitrogens with one attached hydrogen (secondary N) is 1. The fourth-order valence-corrected chi connectivity index (χ4v) is 4.18. The average Bonchev–Trinajstić information content (AvgIpc) is 3.05. The van der Waals surface area contributed by atoms with Crippen molar-refractivity contribution in [2.45, 2.75) is 24.7 Å². The number of rotatable bonds is 5. The molecule has 1 aliphatic carbocycles. The lowest BCUT2D eigenvalue weighted by atomic mass is 10.0. The second kappa shape index (κ2) is 6.06. The van der Waals surface area contributed by atoms with Gasteiger partial charge in [-0.3, -0.25) is 0 Å². The predicted octanol–water partition coefficient (Wildman–Crippen LogP) is 3.84. The molecule has 1 saturated carbocycles. The predicted molar refractivity (Wildman–Crippen MR) is 97.8 cm³/mol. The van der Waals surface area contributed by atoms with E-state index in [9.17, 15) is 8.42 Å². The summed E-state index contributed by atoms with van der Waals surface area (Å²) in [4.78, 5) is 0.151. The Balaban J connectivity index is 1.70. The third-order valence-electron chi connectivity index (χ3n) is 4.97. The van der Waals surface area contributed by atoms with Crippen molar-refractivity contribution in [3.63, 3.8) is 0 Å². The van der Waals surface area contributed by atoms with Gasteiger partial charge in [0.2, 0.25) is 10.0 Å². The van der Waals surface area contributed by atoms with Crippen LogP contribution in [0.1, 0.15) is 25.3 Å². The first kappa shape index (κ1) is 17.3. The normalized spacial score (nSPS) is 22.2. The van der Waals surface area contributed by atoms with E-state index in [1.165, 1.54) is 0 Å². The van der Waals surface area contributed by atoms with Crippen LogP contribution < -0.4 is 10.5 Å². The van der Waals surface area contributed by atoms with Crippen LogP contribution in [0, 0.1) is 11.3 Å². The van der Waals surface area contributed by atoms with E-state index in [1.807, 2.05) is 36.4 Å². The summed E-state index contributed by atoms with van der Waals surface area (Å²) in [7, 11) is -3.64. The van der Waals surface area contributed by atoms with E-state index < -0.39 is 10.0 Å². The van der Waals surface area contributed by atoms with Crippen molar-refractivity contribution in [1.29, 1.82) is 0 Å². The lowest BCUT2D eigenvalue weighted by Gasteiger charge is -2.07. The van der Waals surface area contributed by atoms with Gasteiger partial charge in [0.25, 0.3) is 0 Å². The maximum absolute atomic E-state index is 11.4. The second-order valence-corrected chi connectivity index (χ2v) is 8.91. The summed E-state index contributed by atoms with van der Waals surface area (Å²) in [5.41, 5.74) is 2.31. The first-order chi connectivity index (χ1) is 11.2. The Bertz CT molecular complexity index is 848. The zero-order valence-electron chi connectivity index (χ0n) is 13.7. The van der Waals surface area contributed by atoms with Gasteiger partial charge in [0.1, 0.15) is 0 Å². The van der Waals surface area contributed by atoms with Crippen LogP contribution in [0.15, 0.2) is 53.4 Å². The number of anilines is 1. The molecule has 128 valence electrons. The molecule has 2 aromatic rings. The first-order valence-corrected chi connectivity index (χ1v) is 9.74. The highest BCUT2D eigenvalue weighted by molar-refractivity contribution is 7.89. The molecule has 6 heteroatoms. The van der Waals surface area contributed by atoms with Crippen molar-refractivity contribution in [2.24, 2.45) is 16.5 Å². The molecule has 0 saturated heterocycles. The number of hydrogen-bond acceptors (Lipinski definition) is 3. The number of primary sulfonamides is 1. The Labute approximate surface area is 148 Å². The number of benzene rings is 2. The van der Waals surface area contributed by atoms with Gasteiger partial charge in [-0.05, 0) is 53.1 Å². The molecule has 0 aliphatic heterocycles. The summed E-state index contributed by atoms with van der Waals surface area (Å²) in [5, 5.41) is 9.31. The van der Waals surface area contributed by atoms with E-state index in [0.717, 1.165) is 17.8 Å². The molecule has 2 atom stereocenters. The van der Waals surface area contributed by atoms with Gasteiger partial charge >= 0.3 is 0 Å². The van der Waals surface area contributed by atoms with Crippen molar-refractivity contribution in [1.82, 2.24) is 0 Å². The average molecular weight is 365 g/mol. The summed E-state index contributed by atoms with van der Waals surface area (Å²) < 4.78 is 22.7. The second-order valence-electron chi connectivity index (χ2n) is 6.91. The van der Waals surface area contributed by atoms with Crippen LogP contribution >= 0.6 is 11.6 Å². The van der Waals surface area contributed by atoms with Crippen molar-refractivity contribution >= 4 is 27.3 Å². The topological polar surface area (TPSA) is 72.2 Å². The van der Waals surface area contributed by atoms with Gasteiger partial charge in [-0.15, -0.1) is 0 Å². The van der Waals surface area contributed by atoms with Crippen molar-refractivity contribution in [3.8, 4) is 0 Å². The summed E-state index contributed by atoms with van der Waals surface area (Å²) in [5.74, 6) is 0.857. The van der Waals surface area contributed by atoms with Crippen molar-refractivity contribution in [3.05, 3.63) is 59.1 Å². The molecule has 0 bridgehead atoms. The maximum Gasteiger partial charge on any atom is 0.238 e. The van der Waals surface area contributed by atoms with E-state index >= 15 is 0 Å². The number of hydrogen-bond donors (Lipinski definition) is 2. The monoisotopic (exact) mass is 364 g/mol. The Morgan fingerprint density at radius 3 is 2.42 bits per heavy atom. The number of sulfonamides is 1. The van der Waals surface area contributed by atoms with Gasteiger partial charge in [0.05, 0.1) is 4.90 Å². The van der Waals surface area contributed by atoms with Crippen molar-refractivity contribution in [2.75, 3.05) is 11.9 Å². The van der Waals surface area contributed by atoms with E-state index in [1.54, 1.807) is 12.1 Å². The van der Waals surface area contributed by atoms with Gasteiger partial charge < -0.3 is 5.32 Å². The molecular formula is C18H21ClN2O2S. The molecule has 0 spiro atoms. The molecule has 2 aromatic carbocycles. The minimum Gasteiger partial charge on any atom is -0.385 e. The molecule has 24 heavy (non-hydrogen) atoms. The summed E-state index contributed by atoms with van der Waals surface area (Å²) in [6, 6.07) is 14.6. The van der Waals surface area contributed by atoms with E-state index in [0.29, 0.717) is 16.9 Å². The lowest BCUT2D eigenvalue weighted by Crippen LogP contribution is -2.11. The van der Waals surface area contributed by atoms with Gasteiger partial charge in [-0.1, -0.05) is 43.6 Å². The Hall–Kier alpha value is -1.56. The molecule has 4 nitrogen and oxygen atoms in total. The summed E-state index contributed by atoms with van der Waals surface area (Å²) in [6.45, 7) is 5.31. The zero-order chi connectivity index (χ0) is 17.5. The van der Waals surface area contributed by atoms with Crippen LogP contribution in [0.4, 0.5) is 5.69 Å². The fourth-order valence-electron chi connectivity index (χ4n) is 3.48. The minimum absolute atomic E-state index is 0.151. The first-order valence-electron chi connectivity index (χ1n) is 7.82. The molecule has 0 aromatic heterocycles. The van der Waals surface area contributed by atoms with Crippen LogP contribution in [-0.4, -0.2) is 15.0 Å². The number of halogens is 1. The lowest BCUT2D eigenvalue weighted by molar-refractivity contribution is 0.565. The van der Waals surface area contributed by atoms with Gasteiger partial charge in [0.15, 0.2) is 0 Å². The van der Waals surface area contributed by atoms with Crippen LogP contribution in [0.2, 0.25) is 5.02 Å². The highest BCUT2D eigenvalue weighted by Crippen LogP contribution is 2.64. The van der Waals surface area contributed by atoms with Crippen LogP contribution in [-0.2, 0) is 10.0 Å². The molecular weight excluding hydrogens is 344 g/mol. The molecule has 3 rings (SSSR count). The molecule has 0 amide bonds. The molecule has 3 N–H and O–H groups in total. The maximum atomic E-state index is 11.4. The van der Waals surface area contributed by atoms with E-state index in [2.05, 4.69) is 19.2 Å².